The van der Waals surface area contributed by atoms with E-state index in [1.54, 1.807) is 18.2 Å². The first-order valence-electron chi connectivity index (χ1n) is 6.66. The molecular weight excluding hydrogens is 342 g/mol. The Morgan fingerprint density at radius 1 is 1.38 bits per heavy atom. The fourth-order valence-electron chi connectivity index (χ4n) is 2.66. The third kappa shape index (κ3) is 4.07. The van der Waals surface area contributed by atoms with Gasteiger partial charge in [0, 0.05) is 12.1 Å². The number of benzene rings is 1. The molecule has 7 nitrogen and oxygen atoms in total. The van der Waals surface area contributed by atoms with E-state index < -0.39 is 11.0 Å². The van der Waals surface area contributed by atoms with Crippen LogP contribution in [0.4, 0.5) is 16.2 Å². The molecule has 0 aliphatic heterocycles. The molecule has 0 aromatic heterocycles. The number of nitro benzene ring substituents is 1. The minimum absolute atomic E-state index is 0.00539. The SMILES string of the molecule is O=C(O)N[C@H]1CCCC(Nc2cccc(Br)c2[N+](=O)[O-])C1. The fourth-order valence-corrected chi connectivity index (χ4v) is 3.17. The lowest BCUT2D eigenvalue weighted by atomic mass is 9.91. The van der Waals surface area contributed by atoms with E-state index >= 15 is 0 Å². The summed E-state index contributed by atoms with van der Waals surface area (Å²) in [4.78, 5) is 21.4. The zero-order valence-electron chi connectivity index (χ0n) is 11.2. The summed E-state index contributed by atoms with van der Waals surface area (Å²) in [7, 11) is 0. The number of anilines is 1. The third-order valence-electron chi connectivity index (χ3n) is 3.53. The molecule has 1 fully saturated rings. The Kier molecular flexibility index (Phi) is 5.00. The van der Waals surface area contributed by atoms with Gasteiger partial charge in [-0.3, -0.25) is 10.1 Å². The van der Waals surface area contributed by atoms with Crippen LogP contribution in [0, 0.1) is 10.1 Å². The van der Waals surface area contributed by atoms with Crippen molar-refractivity contribution in [2.75, 3.05) is 5.32 Å². The molecule has 2 rings (SSSR count). The van der Waals surface area contributed by atoms with Gasteiger partial charge in [-0.2, -0.15) is 0 Å². The van der Waals surface area contributed by atoms with Crippen molar-refractivity contribution in [1.29, 1.82) is 0 Å². The minimum Gasteiger partial charge on any atom is -0.465 e. The lowest BCUT2D eigenvalue weighted by molar-refractivity contribution is -0.384. The number of para-hydroxylation sites is 1. The first-order chi connectivity index (χ1) is 9.97. The Bertz CT molecular complexity index is 552. The van der Waals surface area contributed by atoms with Crippen LogP contribution >= 0.6 is 15.9 Å². The predicted octanol–water partition coefficient (Wildman–Crippen LogP) is 3.35. The van der Waals surface area contributed by atoms with Gasteiger partial charge >= 0.3 is 11.8 Å². The van der Waals surface area contributed by atoms with E-state index in [9.17, 15) is 14.9 Å². The number of carbonyl (C=O) groups is 1. The van der Waals surface area contributed by atoms with Gasteiger partial charge in [-0.05, 0) is 53.7 Å². The maximum Gasteiger partial charge on any atom is 0.404 e. The molecule has 1 aromatic carbocycles. The molecular formula is C13H16BrN3O4. The van der Waals surface area contributed by atoms with Crippen LogP contribution in [-0.2, 0) is 0 Å². The van der Waals surface area contributed by atoms with Crippen LogP contribution in [-0.4, -0.2) is 28.2 Å². The van der Waals surface area contributed by atoms with Crippen molar-refractivity contribution >= 4 is 33.4 Å². The smallest absolute Gasteiger partial charge is 0.404 e. The highest BCUT2D eigenvalue weighted by molar-refractivity contribution is 9.10. The van der Waals surface area contributed by atoms with Crippen LogP contribution in [0.2, 0.25) is 0 Å². The number of halogens is 1. The largest absolute Gasteiger partial charge is 0.465 e. The molecule has 0 spiro atoms. The van der Waals surface area contributed by atoms with Gasteiger partial charge in [-0.1, -0.05) is 6.07 Å². The molecule has 1 saturated carbocycles. The van der Waals surface area contributed by atoms with E-state index in [0.717, 1.165) is 19.3 Å². The molecule has 8 heteroatoms. The van der Waals surface area contributed by atoms with Crippen molar-refractivity contribution in [1.82, 2.24) is 5.32 Å². The second-order valence-corrected chi connectivity index (χ2v) is 5.90. The van der Waals surface area contributed by atoms with Gasteiger partial charge in [0.25, 0.3) is 0 Å². The molecule has 1 aliphatic carbocycles. The van der Waals surface area contributed by atoms with E-state index in [2.05, 4.69) is 26.6 Å². The number of hydrogen-bond donors (Lipinski definition) is 3. The van der Waals surface area contributed by atoms with Gasteiger partial charge in [0.05, 0.1) is 9.40 Å². The van der Waals surface area contributed by atoms with Crippen LogP contribution in [0.25, 0.3) is 0 Å². The quantitative estimate of drug-likeness (QED) is 0.566. The Morgan fingerprint density at radius 3 is 2.76 bits per heavy atom. The standard InChI is InChI=1S/C13H16BrN3O4/c14-10-5-2-6-11(12(10)17(20)21)15-8-3-1-4-9(7-8)16-13(18)19/h2,5-6,8-9,15-16H,1,3-4,7H2,(H,18,19)/t8?,9-/m0/s1. The molecule has 1 unspecified atom stereocenters. The molecule has 114 valence electrons. The average Bonchev–Trinajstić information content (AvgIpc) is 2.37. The highest BCUT2D eigenvalue weighted by Gasteiger charge is 2.26. The monoisotopic (exact) mass is 357 g/mol. The maximum atomic E-state index is 11.1. The van der Waals surface area contributed by atoms with Gasteiger partial charge in [0.2, 0.25) is 0 Å². The summed E-state index contributed by atoms with van der Waals surface area (Å²) < 4.78 is 0.425. The second kappa shape index (κ2) is 6.75. The van der Waals surface area contributed by atoms with E-state index in [1.165, 1.54) is 0 Å². The van der Waals surface area contributed by atoms with E-state index in [0.29, 0.717) is 16.6 Å². The van der Waals surface area contributed by atoms with Crippen LogP contribution in [0.1, 0.15) is 25.7 Å². The molecule has 0 radical (unpaired) electrons. The van der Waals surface area contributed by atoms with Gasteiger partial charge < -0.3 is 15.7 Å². The maximum absolute atomic E-state index is 11.1. The number of nitrogens with one attached hydrogen (secondary N) is 2. The van der Waals surface area contributed by atoms with E-state index in [-0.39, 0.29) is 17.8 Å². The van der Waals surface area contributed by atoms with E-state index in [1.807, 2.05) is 0 Å². The average molecular weight is 358 g/mol. The Labute approximate surface area is 130 Å². The molecule has 0 saturated heterocycles. The topological polar surface area (TPSA) is 104 Å². The van der Waals surface area contributed by atoms with Crippen LogP contribution in [0.15, 0.2) is 22.7 Å². The van der Waals surface area contributed by atoms with Crippen molar-refractivity contribution in [3.8, 4) is 0 Å². The van der Waals surface area contributed by atoms with Gasteiger partial charge in [-0.25, -0.2) is 4.79 Å². The molecule has 3 N–H and O–H groups in total. The molecule has 1 aromatic rings. The number of hydrogen-bond acceptors (Lipinski definition) is 4. The zero-order valence-corrected chi connectivity index (χ0v) is 12.8. The van der Waals surface area contributed by atoms with Crippen LogP contribution in [0.5, 0.6) is 0 Å². The van der Waals surface area contributed by atoms with E-state index in [4.69, 9.17) is 5.11 Å². The van der Waals surface area contributed by atoms with Crippen molar-refractivity contribution in [3.63, 3.8) is 0 Å². The summed E-state index contributed by atoms with van der Waals surface area (Å²) in [6.07, 6.45) is 2.13. The molecule has 0 heterocycles. The molecule has 2 atom stereocenters. The highest BCUT2D eigenvalue weighted by atomic mass is 79.9. The summed E-state index contributed by atoms with van der Waals surface area (Å²) in [5.74, 6) is 0. The van der Waals surface area contributed by atoms with Crippen molar-refractivity contribution in [3.05, 3.63) is 32.8 Å². The Morgan fingerprint density at radius 2 is 2.10 bits per heavy atom. The van der Waals surface area contributed by atoms with Crippen LogP contribution in [0.3, 0.4) is 0 Å². The lowest BCUT2D eigenvalue weighted by Crippen LogP contribution is -2.41. The Hall–Kier alpha value is -1.83. The normalized spacial score (nSPS) is 21.6. The number of rotatable bonds is 4. The third-order valence-corrected chi connectivity index (χ3v) is 4.17. The summed E-state index contributed by atoms with van der Waals surface area (Å²) in [6, 6.07) is 4.93. The summed E-state index contributed by atoms with van der Waals surface area (Å²) in [6.45, 7) is 0. The molecule has 1 amide bonds. The van der Waals surface area contributed by atoms with Crippen molar-refractivity contribution in [2.24, 2.45) is 0 Å². The van der Waals surface area contributed by atoms with Crippen molar-refractivity contribution in [2.45, 2.75) is 37.8 Å². The van der Waals surface area contributed by atoms with Crippen LogP contribution < -0.4 is 10.6 Å². The second-order valence-electron chi connectivity index (χ2n) is 5.05. The van der Waals surface area contributed by atoms with Gasteiger partial charge in [0.1, 0.15) is 5.69 Å². The fraction of sp³-hybridized carbons (Fsp3) is 0.462. The first-order valence-corrected chi connectivity index (χ1v) is 7.45. The predicted molar refractivity (Wildman–Crippen MR) is 81.6 cm³/mol. The molecule has 21 heavy (non-hydrogen) atoms. The molecule has 0 bridgehead atoms. The molecule has 1 aliphatic rings. The number of carboxylic acid groups (broad SMARTS) is 1. The number of nitrogens with zero attached hydrogens (tertiary/aromatic N) is 1. The summed E-state index contributed by atoms with van der Waals surface area (Å²) >= 11 is 3.19. The van der Waals surface area contributed by atoms with Crippen molar-refractivity contribution < 1.29 is 14.8 Å². The van der Waals surface area contributed by atoms with Gasteiger partial charge in [0.15, 0.2) is 0 Å². The Balaban J connectivity index is 2.09. The summed E-state index contributed by atoms with van der Waals surface area (Å²) in [5.41, 5.74) is 0.459. The summed E-state index contributed by atoms with van der Waals surface area (Å²) in [5, 5.41) is 25.6. The lowest BCUT2D eigenvalue weighted by Gasteiger charge is -2.30. The first kappa shape index (κ1) is 15.6. The number of nitro groups is 1. The minimum atomic E-state index is -1.03. The number of amides is 1. The van der Waals surface area contributed by atoms with Gasteiger partial charge in [-0.15, -0.1) is 0 Å². The zero-order chi connectivity index (χ0) is 15.4. The highest BCUT2D eigenvalue weighted by Crippen LogP contribution is 2.34.